The van der Waals surface area contributed by atoms with E-state index in [1.165, 1.54) is 18.3 Å². The van der Waals surface area contributed by atoms with Crippen LogP contribution in [0.2, 0.25) is 5.15 Å². The third-order valence-electron chi connectivity index (χ3n) is 3.08. The number of halogens is 1. The van der Waals surface area contributed by atoms with Gasteiger partial charge in [-0.3, -0.25) is 0 Å². The largest absolute Gasteiger partial charge is 0.378 e. The maximum atomic E-state index is 12.0. The second-order valence-electron chi connectivity index (χ2n) is 4.29. The van der Waals surface area contributed by atoms with Crippen molar-refractivity contribution in [3.63, 3.8) is 0 Å². The standard InChI is InChI=1S/C11H15ClN2O3S/c1-8-9(3-5-17-8)7-14-18(15,16)10-2-4-13-11(12)6-10/h2,4,6,8-9,14H,3,5,7H2,1H3. The van der Waals surface area contributed by atoms with Crippen LogP contribution < -0.4 is 4.72 Å². The Hall–Kier alpha value is -0.690. The number of ether oxygens (including phenoxy) is 1. The zero-order valence-electron chi connectivity index (χ0n) is 9.97. The number of nitrogens with zero attached hydrogens (tertiary/aromatic N) is 1. The lowest BCUT2D eigenvalue weighted by atomic mass is 10.0. The number of rotatable bonds is 4. The summed E-state index contributed by atoms with van der Waals surface area (Å²) < 4.78 is 32.0. The summed E-state index contributed by atoms with van der Waals surface area (Å²) in [6, 6.07) is 2.75. The van der Waals surface area contributed by atoms with Crippen molar-refractivity contribution in [1.82, 2.24) is 9.71 Å². The first kappa shape index (κ1) is 13.7. The molecule has 0 saturated carbocycles. The molecule has 1 aromatic rings. The van der Waals surface area contributed by atoms with E-state index in [1.54, 1.807) is 0 Å². The number of nitrogens with one attached hydrogen (secondary N) is 1. The lowest BCUT2D eigenvalue weighted by Gasteiger charge is -2.14. The Labute approximate surface area is 112 Å². The van der Waals surface area contributed by atoms with Crippen LogP contribution in [0.25, 0.3) is 0 Å². The molecule has 1 fully saturated rings. The molecule has 0 aromatic carbocycles. The first-order chi connectivity index (χ1) is 8.49. The van der Waals surface area contributed by atoms with Crippen LogP contribution in [0, 0.1) is 5.92 Å². The topological polar surface area (TPSA) is 68.3 Å². The fourth-order valence-electron chi connectivity index (χ4n) is 1.90. The Morgan fingerprint density at radius 2 is 2.39 bits per heavy atom. The maximum Gasteiger partial charge on any atom is 0.240 e. The molecule has 1 aliphatic rings. The molecule has 0 aliphatic carbocycles. The first-order valence-electron chi connectivity index (χ1n) is 5.72. The highest BCUT2D eigenvalue weighted by atomic mass is 35.5. The number of pyridine rings is 1. The third-order valence-corrected chi connectivity index (χ3v) is 4.71. The molecule has 0 amide bonds. The van der Waals surface area contributed by atoms with Crippen molar-refractivity contribution in [3.05, 3.63) is 23.5 Å². The van der Waals surface area contributed by atoms with Gasteiger partial charge in [0.15, 0.2) is 0 Å². The number of hydrogen-bond donors (Lipinski definition) is 1. The molecule has 7 heteroatoms. The van der Waals surface area contributed by atoms with E-state index in [2.05, 4.69) is 9.71 Å². The molecule has 100 valence electrons. The van der Waals surface area contributed by atoms with Gasteiger partial charge < -0.3 is 4.74 Å². The lowest BCUT2D eigenvalue weighted by Crippen LogP contribution is -2.32. The van der Waals surface area contributed by atoms with E-state index in [4.69, 9.17) is 16.3 Å². The Morgan fingerprint density at radius 1 is 1.61 bits per heavy atom. The van der Waals surface area contributed by atoms with Gasteiger partial charge in [-0.05, 0) is 25.5 Å². The van der Waals surface area contributed by atoms with Gasteiger partial charge in [-0.1, -0.05) is 11.6 Å². The predicted molar refractivity (Wildman–Crippen MR) is 68.0 cm³/mol. The van der Waals surface area contributed by atoms with E-state index in [1.807, 2.05) is 6.92 Å². The van der Waals surface area contributed by atoms with Crippen LogP contribution in [0.3, 0.4) is 0 Å². The SMILES string of the molecule is CC1OCCC1CNS(=O)(=O)c1ccnc(Cl)c1. The Kier molecular flexibility index (Phi) is 4.21. The van der Waals surface area contributed by atoms with E-state index in [9.17, 15) is 8.42 Å². The summed E-state index contributed by atoms with van der Waals surface area (Å²) in [5.74, 6) is 0.220. The maximum absolute atomic E-state index is 12.0. The van der Waals surface area contributed by atoms with Crippen molar-refractivity contribution in [1.29, 1.82) is 0 Å². The van der Waals surface area contributed by atoms with Crippen molar-refractivity contribution in [2.75, 3.05) is 13.2 Å². The normalized spacial score (nSPS) is 24.3. The number of sulfonamides is 1. The van der Waals surface area contributed by atoms with Gasteiger partial charge in [-0.15, -0.1) is 0 Å². The van der Waals surface area contributed by atoms with Crippen molar-refractivity contribution in [3.8, 4) is 0 Å². The monoisotopic (exact) mass is 290 g/mol. The fraction of sp³-hybridized carbons (Fsp3) is 0.545. The minimum atomic E-state index is -3.52. The minimum Gasteiger partial charge on any atom is -0.378 e. The van der Waals surface area contributed by atoms with Gasteiger partial charge in [-0.25, -0.2) is 18.1 Å². The minimum absolute atomic E-state index is 0.0914. The summed E-state index contributed by atoms with van der Waals surface area (Å²) in [4.78, 5) is 3.89. The molecule has 1 N–H and O–H groups in total. The molecule has 5 nitrogen and oxygen atoms in total. The van der Waals surface area contributed by atoms with Crippen molar-refractivity contribution in [2.45, 2.75) is 24.3 Å². The quantitative estimate of drug-likeness (QED) is 0.852. The highest BCUT2D eigenvalue weighted by Gasteiger charge is 2.26. The van der Waals surface area contributed by atoms with Crippen LogP contribution in [0.4, 0.5) is 0 Å². The second-order valence-corrected chi connectivity index (χ2v) is 6.45. The van der Waals surface area contributed by atoms with E-state index in [-0.39, 0.29) is 22.1 Å². The predicted octanol–water partition coefficient (Wildman–Crippen LogP) is 1.44. The smallest absolute Gasteiger partial charge is 0.240 e. The molecular weight excluding hydrogens is 276 g/mol. The molecule has 1 aromatic heterocycles. The molecule has 0 spiro atoms. The first-order valence-corrected chi connectivity index (χ1v) is 7.58. The summed E-state index contributed by atoms with van der Waals surface area (Å²) >= 11 is 5.68. The molecule has 2 unspecified atom stereocenters. The average molecular weight is 291 g/mol. The molecule has 18 heavy (non-hydrogen) atoms. The van der Waals surface area contributed by atoms with Gasteiger partial charge in [0.05, 0.1) is 11.0 Å². The Morgan fingerprint density at radius 3 is 3.00 bits per heavy atom. The van der Waals surface area contributed by atoms with Crippen molar-refractivity contribution in [2.24, 2.45) is 5.92 Å². The van der Waals surface area contributed by atoms with Gasteiger partial charge in [0, 0.05) is 25.3 Å². The van der Waals surface area contributed by atoms with Crippen LogP contribution in [0.1, 0.15) is 13.3 Å². The van der Waals surface area contributed by atoms with Crippen LogP contribution in [0.5, 0.6) is 0 Å². The van der Waals surface area contributed by atoms with Gasteiger partial charge >= 0.3 is 0 Å². The van der Waals surface area contributed by atoms with Crippen LogP contribution in [-0.2, 0) is 14.8 Å². The molecule has 0 radical (unpaired) electrons. The van der Waals surface area contributed by atoms with Gasteiger partial charge in [0.1, 0.15) is 5.15 Å². The molecular formula is C11H15ClN2O3S. The molecule has 2 heterocycles. The summed E-state index contributed by atoms with van der Waals surface area (Å²) in [6.45, 7) is 3.02. The number of hydrogen-bond acceptors (Lipinski definition) is 4. The summed E-state index contributed by atoms with van der Waals surface area (Å²) in [6.07, 6.45) is 2.34. The molecule has 2 atom stereocenters. The fourth-order valence-corrected chi connectivity index (χ4v) is 3.24. The average Bonchev–Trinajstić information content (AvgIpc) is 2.72. The van der Waals surface area contributed by atoms with Crippen LogP contribution in [-0.4, -0.2) is 32.7 Å². The molecule has 1 saturated heterocycles. The zero-order chi connectivity index (χ0) is 13.2. The van der Waals surface area contributed by atoms with E-state index >= 15 is 0 Å². The summed E-state index contributed by atoms with van der Waals surface area (Å²) in [5.41, 5.74) is 0. The highest BCUT2D eigenvalue weighted by Crippen LogP contribution is 2.20. The van der Waals surface area contributed by atoms with Crippen molar-refractivity contribution >= 4 is 21.6 Å². The molecule has 1 aliphatic heterocycles. The Balaban J connectivity index is 2.03. The van der Waals surface area contributed by atoms with Gasteiger partial charge in [-0.2, -0.15) is 0 Å². The van der Waals surface area contributed by atoms with E-state index in [0.717, 1.165) is 6.42 Å². The molecule has 0 bridgehead atoms. The van der Waals surface area contributed by atoms with Crippen molar-refractivity contribution < 1.29 is 13.2 Å². The summed E-state index contributed by atoms with van der Waals surface area (Å²) in [7, 11) is -3.52. The van der Waals surface area contributed by atoms with Gasteiger partial charge in [0.2, 0.25) is 10.0 Å². The second kappa shape index (κ2) is 5.52. The number of aromatic nitrogens is 1. The third kappa shape index (κ3) is 3.20. The summed E-state index contributed by atoms with van der Waals surface area (Å²) in [5, 5.41) is 0.162. The van der Waals surface area contributed by atoms with E-state index < -0.39 is 10.0 Å². The Bertz CT molecular complexity index is 521. The zero-order valence-corrected chi connectivity index (χ0v) is 11.5. The lowest BCUT2D eigenvalue weighted by molar-refractivity contribution is 0.107. The molecule has 2 rings (SSSR count). The van der Waals surface area contributed by atoms with Crippen LogP contribution in [0.15, 0.2) is 23.2 Å². The van der Waals surface area contributed by atoms with Crippen LogP contribution >= 0.6 is 11.6 Å². The van der Waals surface area contributed by atoms with Gasteiger partial charge in [0.25, 0.3) is 0 Å². The highest BCUT2D eigenvalue weighted by molar-refractivity contribution is 7.89. The van der Waals surface area contributed by atoms with E-state index in [0.29, 0.717) is 13.2 Å².